The van der Waals surface area contributed by atoms with Crippen LogP contribution < -0.4 is 0 Å². The Morgan fingerprint density at radius 1 is 0.769 bits per heavy atom. The van der Waals surface area contributed by atoms with Gasteiger partial charge in [0.05, 0.1) is 11.1 Å². The molecule has 3 aromatic carbocycles. The van der Waals surface area contributed by atoms with Crippen LogP contribution in [0.25, 0.3) is 11.1 Å². The van der Waals surface area contributed by atoms with Crippen molar-refractivity contribution in [1.82, 2.24) is 0 Å². The molecule has 3 aromatic rings. The van der Waals surface area contributed by atoms with Crippen molar-refractivity contribution in [3.05, 3.63) is 107 Å². The summed E-state index contributed by atoms with van der Waals surface area (Å²) >= 11 is 0. The summed E-state index contributed by atoms with van der Waals surface area (Å²) in [6.45, 7) is 1.99. The number of cyclic esters (lactones) is 1. The van der Waals surface area contributed by atoms with Crippen molar-refractivity contribution in [3.63, 3.8) is 0 Å². The van der Waals surface area contributed by atoms with Crippen molar-refractivity contribution in [2.24, 2.45) is 0 Å². The first-order valence-electron chi connectivity index (χ1n) is 8.48. The topological polar surface area (TPSA) is 46.5 Å². The molecule has 128 valence electrons. The molecule has 0 aromatic heterocycles. The number of aliphatic hydroxyl groups is 1. The molecular formula is C23H18O3. The van der Waals surface area contributed by atoms with E-state index in [1.807, 2.05) is 79.7 Å². The van der Waals surface area contributed by atoms with Crippen LogP contribution in [0.2, 0.25) is 0 Å². The summed E-state index contributed by atoms with van der Waals surface area (Å²) in [6.07, 6.45) is 0. The highest BCUT2D eigenvalue weighted by atomic mass is 16.7. The number of carbonyl (C=O) groups excluding carboxylic acids is 1. The number of hydrogen-bond acceptors (Lipinski definition) is 3. The van der Waals surface area contributed by atoms with E-state index in [9.17, 15) is 9.90 Å². The van der Waals surface area contributed by atoms with Gasteiger partial charge in [0, 0.05) is 5.56 Å². The normalized spacial score (nSPS) is 19.5. The molecule has 0 saturated heterocycles. The first-order valence-corrected chi connectivity index (χ1v) is 8.48. The zero-order chi connectivity index (χ0) is 18.1. The van der Waals surface area contributed by atoms with Gasteiger partial charge in [-0.3, -0.25) is 0 Å². The van der Waals surface area contributed by atoms with Gasteiger partial charge in [-0.2, -0.15) is 0 Å². The molecule has 0 saturated carbocycles. The molecule has 1 heterocycles. The number of aryl methyl sites for hydroxylation is 1. The Morgan fingerprint density at radius 3 is 1.96 bits per heavy atom. The maximum Gasteiger partial charge on any atom is 0.342 e. The van der Waals surface area contributed by atoms with Gasteiger partial charge in [0.1, 0.15) is 0 Å². The van der Waals surface area contributed by atoms with Gasteiger partial charge in [0.25, 0.3) is 5.79 Å². The molecule has 0 amide bonds. The molecule has 1 N–H and O–H groups in total. The molecule has 0 bridgehead atoms. The Morgan fingerprint density at radius 2 is 1.35 bits per heavy atom. The molecule has 0 radical (unpaired) electrons. The Hall–Kier alpha value is -3.17. The van der Waals surface area contributed by atoms with Gasteiger partial charge in [0.2, 0.25) is 0 Å². The van der Waals surface area contributed by atoms with E-state index >= 15 is 0 Å². The van der Waals surface area contributed by atoms with E-state index in [4.69, 9.17) is 4.74 Å². The summed E-state index contributed by atoms with van der Waals surface area (Å²) in [5.74, 6) is -2.35. The lowest BCUT2D eigenvalue weighted by Crippen LogP contribution is -2.28. The standard InChI is InChI=1S/C23H18O3/c1-16-12-14-17(15-13-16)20-21(18-8-4-2-5-9-18)23(25,26-22(20)24)19-10-6-3-7-11-19/h2-15,25H,1H3. The Bertz CT molecular complexity index is 973. The molecule has 26 heavy (non-hydrogen) atoms. The molecule has 1 atom stereocenters. The van der Waals surface area contributed by atoms with Gasteiger partial charge in [0.15, 0.2) is 0 Å². The predicted molar refractivity (Wildman–Crippen MR) is 101 cm³/mol. The molecule has 0 spiro atoms. The second-order valence-electron chi connectivity index (χ2n) is 6.38. The van der Waals surface area contributed by atoms with Crippen LogP contribution in [-0.2, 0) is 15.3 Å². The average molecular weight is 342 g/mol. The first kappa shape index (κ1) is 16.3. The SMILES string of the molecule is Cc1ccc(C2=C(c3ccccc3)C(O)(c3ccccc3)OC2=O)cc1. The van der Waals surface area contributed by atoms with Crippen LogP contribution in [0, 0.1) is 6.92 Å². The first-order chi connectivity index (χ1) is 12.6. The number of hydrogen-bond donors (Lipinski definition) is 1. The largest absolute Gasteiger partial charge is 0.421 e. The molecular weight excluding hydrogens is 324 g/mol. The minimum atomic E-state index is -1.82. The van der Waals surface area contributed by atoms with E-state index in [2.05, 4.69) is 0 Å². The fourth-order valence-corrected chi connectivity index (χ4v) is 3.30. The van der Waals surface area contributed by atoms with E-state index in [0.29, 0.717) is 16.7 Å². The summed E-state index contributed by atoms with van der Waals surface area (Å²) in [6, 6.07) is 26.0. The third-order valence-corrected chi connectivity index (χ3v) is 4.60. The zero-order valence-electron chi connectivity index (χ0n) is 14.3. The van der Waals surface area contributed by atoms with Crippen LogP contribution in [0.4, 0.5) is 0 Å². The molecule has 0 aliphatic carbocycles. The maximum atomic E-state index is 12.8. The van der Waals surface area contributed by atoms with Crippen LogP contribution in [-0.4, -0.2) is 11.1 Å². The Kier molecular flexibility index (Phi) is 3.94. The highest BCUT2D eigenvalue weighted by Crippen LogP contribution is 2.48. The van der Waals surface area contributed by atoms with Crippen LogP contribution in [0.15, 0.2) is 84.9 Å². The maximum absolute atomic E-state index is 12.8. The Labute approximate surface area is 152 Å². The second kappa shape index (κ2) is 6.28. The Balaban J connectivity index is 2.00. The average Bonchev–Trinajstić information content (AvgIpc) is 2.95. The van der Waals surface area contributed by atoms with Gasteiger partial charge in [-0.05, 0) is 18.1 Å². The van der Waals surface area contributed by atoms with Crippen LogP contribution in [0.5, 0.6) is 0 Å². The molecule has 4 rings (SSSR count). The summed E-state index contributed by atoms with van der Waals surface area (Å²) in [5.41, 5.74) is 3.96. The molecule has 3 nitrogen and oxygen atoms in total. The predicted octanol–water partition coefficient (Wildman–Crippen LogP) is 4.31. The van der Waals surface area contributed by atoms with E-state index < -0.39 is 11.8 Å². The lowest BCUT2D eigenvalue weighted by atomic mass is 9.87. The summed E-state index contributed by atoms with van der Waals surface area (Å²) < 4.78 is 5.54. The fraction of sp³-hybridized carbons (Fsp3) is 0.0870. The number of esters is 1. The highest BCUT2D eigenvalue weighted by molar-refractivity contribution is 6.28. The van der Waals surface area contributed by atoms with E-state index in [1.54, 1.807) is 12.1 Å². The second-order valence-corrected chi connectivity index (χ2v) is 6.38. The molecule has 1 aliphatic rings. The van der Waals surface area contributed by atoms with Gasteiger partial charge in [-0.1, -0.05) is 90.5 Å². The quantitative estimate of drug-likeness (QED) is 0.722. The summed E-state index contributed by atoms with van der Waals surface area (Å²) in [4.78, 5) is 12.8. The van der Waals surface area contributed by atoms with Crippen molar-refractivity contribution in [1.29, 1.82) is 0 Å². The van der Waals surface area contributed by atoms with Gasteiger partial charge < -0.3 is 9.84 Å². The molecule has 3 heteroatoms. The minimum Gasteiger partial charge on any atom is -0.421 e. The molecule has 0 fully saturated rings. The van der Waals surface area contributed by atoms with Crippen LogP contribution in [0.3, 0.4) is 0 Å². The lowest BCUT2D eigenvalue weighted by molar-refractivity contribution is -0.178. The monoisotopic (exact) mass is 342 g/mol. The number of benzene rings is 3. The van der Waals surface area contributed by atoms with Crippen molar-refractivity contribution in [2.45, 2.75) is 12.7 Å². The summed E-state index contributed by atoms with van der Waals surface area (Å²) in [7, 11) is 0. The van der Waals surface area contributed by atoms with E-state index in [1.165, 1.54) is 0 Å². The highest BCUT2D eigenvalue weighted by Gasteiger charge is 2.48. The van der Waals surface area contributed by atoms with E-state index in [-0.39, 0.29) is 0 Å². The van der Waals surface area contributed by atoms with Crippen molar-refractivity contribution in [2.75, 3.05) is 0 Å². The third-order valence-electron chi connectivity index (χ3n) is 4.60. The van der Waals surface area contributed by atoms with Gasteiger partial charge in [-0.25, -0.2) is 4.79 Å². The van der Waals surface area contributed by atoms with Crippen molar-refractivity contribution < 1.29 is 14.6 Å². The third kappa shape index (κ3) is 2.63. The van der Waals surface area contributed by atoms with E-state index in [0.717, 1.165) is 16.7 Å². The minimum absolute atomic E-state index is 0.391. The van der Waals surface area contributed by atoms with Crippen LogP contribution >= 0.6 is 0 Å². The van der Waals surface area contributed by atoms with Crippen molar-refractivity contribution >= 4 is 17.1 Å². The smallest absolute Gasteiger partial charge is 0.342 e. The van der Waals surface area contributed by atoms with Crippen LogP contribution in [0.1, 0.15) is 22.3 Å². The lowest BCUT2D eigenvalue weighted by Gasteiger charge is -2.25. The summed E-state index contributed by atoms with van der Waals surface area (Å²) in [5, 5.41) is 11.4. The zero-order valence-corrected chi connectivity index (χ0v) is 14.3. The molecule has 1 unspecified atom stereocenters. The van der Waals surface area contributed by atoms with Gasteiger partial charge >= 0.3 is 5.97 Å². The van der Waals surface area contributed by atoms with Gasteiger partial charge in [-0.15, -0.1) is 0 Å². The van der Waals surface area contributed by atoms with Crippen molar-refractivity contribution in [3.8, 4) is 0 Å². The number of rotatable bonds is 3. The number of carbonyl (C=O) groups is 1. The fourth-order valence-electron chi connectivity index (χ4n) is 3.30. The number of ether oxygens (including phenoxy) is 1. The molecule has 1 aliphatic heterocycles.